The molecule has 5 nitrogen and oxygen atoms in total. The Balaban J connectivity index is 0.00000140. The minimum absolute atomic E-state index is 0. The van der Waals surface area contributed by atoms with Crippen molar-refractivity contribution in [1.82, 2.24) is 15.3 Å². The van der Waals surface area contributed by atoms with Gasteiger partial charge in [-0.2, -0.15) is 0 Å². The van der Waals surface area contributed by atoms with E-state index in [2.05, 4.69) is 10.3 Å². The highest BCUT2D eigenvalue weighted by molar-refractivity contribution is 7.10. The average molecular weight is 443 g/mol. The summed E-state index contributed by atoms with van der Waals surface area (Å²) in [7, 11) is 0. The van der Waals surface area contributed by atoms with E-state index in [9.17, 15) is 4.79 Å². The summed E-state index contributed by atoms with van der Waals surface area (Å²) in [6, 6.07) is 4.13. The van der Waals surface area contributed by atoms with Crippen LogP contribution in [0.3, 0.4) is 0 Å². The average Bonchev–Trinajstić information content (AvgIpc) is 3.12. The number of fused-ring (bicyclic) bond motifs is 2. The van der Waals surface area contributed by atoms with Gasteiger partial charge < -0.3 is 11.1 Å². The third kappa shape index (κ3) is 4.85. The molecule has 2 saturated carbocycles. The number of aromatic nitrogens is 2. The van der Waals surface area contributed by atoms with Gasteiger partial charge in [-0.25, -0.2) is 4.98 Å². The van der Waals surface area contributed by atoms with Crippen LogP contribution in [0.4, 0.5) is 0 Å². The lowest BCUT2D eigenvalue weighted by molar-refractivity contribution is -0.128. The number of hydrogen-bond donors (Lipinski definition) is 2. The number of amides is 1. The fourth-order valence-electron chi connectivity index (χ4n) is 4.54. The first-order valence-corrected chi connectivity index (χ1v) is 10.4. The number of halogens is 2. The van der Waals surface area contributed by atoms with Gasteiger partial charge in [0.05, 0.1) is 11.7 Å². The predicted octanol–water partition coefficient (Wildman–Crippen LogP) is 4.38. The first-order valence-electron chi connectivity index (χ1n) is 9.53. The fourth-order valence-corrected chi connectivity index (χ4v) is 5.37. The molecule has 2 aromatic rings. The van der Waals surface area contributed by atoms with Crippen LogP contribution in [0.15, 0.2) is 29.9 Å². The highest BCUT2D eigenvalue weighted by Gasteiger charge is 2.40. The van der Waals surface area contributed by atoms with E-state index in [-0.39, 0.29) is 42.7 Å². The van der Waals surface area contributed by atoms with Gasteiger partial charge in [0.1, 0.15) is 5.01 Å². The minimum atomic E-state index is -0.0708. The molecule has 0 radical (unpaired) electrons. The summed E-state index contributed by atoms with van der Waals surface area (Å²) < 4.78 is 0. The Labute approximate surface area is 182 Å². The summed E-state index contributed by atoms with van der Waals surface area (Å²) in [5, 5.41) is 6.17. The van der Waals surface area contributed by atoms with Crippen molar-refractivity contribution >= 4 is 42.1 Å². The molecule has 2 fully saturated rings. The van der Waals surface area contributed by atoms with Gasteiger partial charge in [-0.15, -0.1) is 36.2 Å². The second-order valence-electron chi connectivity index (χ2n) is 7.73. The number of pyridine rings is 1. The topological polar surface area (TPSA) is 80.9 Å². The maximum absolute atomic E-state index is 12.8. The van der Waals surface area contributed by atoms with Crippen LogP contribution >= 0.6 is 36.2 Å². The van der Waals surface area contributed by atoms with Crippen LogP contribution in [0.5, 0.6) is 0 Å². The molecule has 3 atom stereocenters. The molecule has 4 rings (SSSR count). The normalized spacial score (nSPS) is 27.1. The number of thiazole rings is 1. The third-order valence-corrected chi connectivity index (χ3v) is 7.04. The summed E-state index contributed by atoms with van der Waals surface area (Å²) in [6.07, 6.45) is 9.04. The molecule has 1 amide bonds. The number of rotatable bonds is 4. The number of carbonyl (C=O) groups excluding carboxylic acids is 1. The van der Waals surface area contributed by atoms with E-state index in [4.69, 9.17) is 10.7 Å². The van der Waals surface area contributed by atoms with Crippen molar-refractivity contribution in [2.24, 2.45) is 23.5 Å². The Morgan fingerprint density at radius 1 is 1.21 bits per heavy atom. The lowest BCUT2D eigenvalue weighted by Crippen LogP contribution is -2.49. The quantitative estimate of drug-likeness (QED) is 0.735. The predicted molar refractivity (Wildman–Crippen MR) is 118 cm³/mol. The molecule has 0 aliphatic heterocycles. The van der Waals surface area contributed by atoms with Gasteiger partial charge in [0.25, 0.3) is 0 Å². The second kappa shape index (κ2) is 10.0. The van der Waals surface area contributed by atoms with E-state index in [1.54, 1.807) is 23.7 Å². The van der Waals surface area contributed by atoms with Crippen LogP contribution in [0.25, 0.3) is 11.3 Å². The van der Waals surface area contributed by atoms with Crippen LogP contribution in [0.1, 0.15) is 50.1 Å². The fraction of sp³-hybridized carbons (Fsp3) is 0.550. The molecule has 2 aliphatic rings. The molecule has 3 unspecified atom stereocenters. The van der Waals surface area contributed by atoms with Gasteiger partial charge in [-0.1, -0.05) is 6.42 Å². The van der Waals surface area contributed by atoms with E-state index in [1.165, 1.54) is 19.3 Å². The molecule has 2 heterocycles. The third-order valence-electron chi connectivity index (χ3n) is 6.01. The Hall–Kier alpha value is -1.21. The van der Waals surface area contributed by atoms with Gasteiger partial charge >= 0.3 is 0 Å². The van der Waals surface area contributed by atoms with Crippen molar-refractivity contribution in [2.45, 2.75) is 51.1 Å². The summed E-state index contributed by atoms with van der Waals surface area (Å²) in [4.78, 5) is 21.6. The molecule has 154 valence electrons. The molecule has 0 saturated heterocycles. The van der Waals surface area contributed by atoms with Crippen LogP contribution in [-0.4, -0.2) is 21.9 Å². The highest BCUT2D eigenvalue weighted by Crippen LogP contribution is 2.42. The van der Waals surface area contributed by atoms with Crippen molar-refractivity contribution in [3.05, 3.63) is 34.9 Å². The molecule has 28 heavy (non-hydrogen) atoms. The van der Waals surface area contributed by atoms with Crippen molar-refractivity contribution in [3.63, 3.8) is 0 Å². The number of hydrogen-bond acceptors (Lipinski definition) is 5. The lowest BCUT2D eigenvalue weighted by atomic mass is 9.65. The largest absolute Gasteiger partial charge is 0.347 e. The maximum atomic E-state index is 12.8. The van der Waals surface area contributed by atoms with E-state index < -0.39 is 0 Å². The Morgan fingerprint density at radius 3 is 2.50 bits per heavy atom. The van der Waals surface area contributed by atoms with Crippen LogP contribution in [0, 0.1) is 17.8 Å². The molecule has 2 aromatic heterocycles. The maximum Gasteiger partial charge on any atom is 0.223 e. The molecule has 0 spiro atoms. The summed E-state index contributed by atoms with van der Waals surface area (Å²) in [6.45, 7) is 2.02. The van der Waals surface area contributed by atoms with Gasteiger partial charge in [-0.05, 0) is 56.6 Å². The second-order valence-corrected chi connectivity index (χ2v) is 8.62. The van der Waals surface area contributed by atoms with Gasteiger partial charge in [0.2, 0.25) is 5.91 Å². The minimum Gasteiger partial charge on any atom is -0.347 e. The number of nitrogens with zero attached hydrogens (tertiary/aromatic N) is 2. The molecule has 2 bridgehead atoms. The van der Waals surface area contributed by atoms with Crippen molar-refractivity contribution in [2.75, 3.05) is 0 Å². The summed E-state index contributed by atoms with van der Waals surface area (Å²) in [5.74, 6) is 1.31. The summed E-state index contributed by atoms with van der Waals surface area (Å²) >= 11 is 1.59. The zero-order chi connectivity index (χ0) is 18.1. The lowest BCUT2D eigenvalue weighted by Gasteiger charge is -2.43. The Morgan fingerprint density at radius 2 is 1.86 bits per heavy atom. The van der Waals surface area contributed by atoms with Crippen molar-refractivity contribution in [1.29, 1.82) is 0 Å². The van der Waals surface area contributed by atoms with E-state index in [0.717, 1.165) is 29.1 Å². The zero-order valence-electron chi connectivity index (χ0n) is 15.9. The van der Waals surface area contributed by atoms with Gasteiger partial charge in [-0.3, -0.25) is 9.78 Å². The van der Waals surface area contributed by atoms with Gasteiger partial charge in [0.15, 0.2) is 0 Å². The van der Waals surface area contributed by atoms with Crippen LogP contribution in [0.2, 0.25) is 0 Å². The Kier molecular flexibility index (Phi) is 8.25. The molecule has 0 aromatic carbocycles. The standard InChI is InChI=1S/C20H26N4OS.2ClH/c1-12(20-24-17(11-26-20)13-5-7-22-8-6-13)23-19(25)16-9-14-3-2-4-15(10-16)18(14)21;;/h5-8,11-12,14-16,18H,2-4,9-10,21H2,1H3,(H,23,25);2*1H. The first-order chi connectivity index (χ1) is 12.6. The monoisotopic (exact) mass is 442 g/mol. The number of nitrogens with one attached hydrogen (secondary N) is 1. The smallest absolute Gasteiger partial charge is 0.223 e. The zero-order valence-corrected chi connectivity index (χ0v) is 18.4. The molecule has 3 N–H and O–H groups in total. The van der Waals surface area contributed by atoms with E-state index in [1.807, 2.05) is 24.4 Å². The Bertz CT molecular complexity index is 759. The first kappa shape index (κ1) is 23.1. The van der Waals surface area contributed by atoms with E-state index >= 15 is 0 Å². The summed E-state index contributed by atoms with van der Waals surface area (Å²) in [5.41, 5.74) is 8.34. The van der Waals surface area contributed by atoms with Crippen molar-refractivity contribution < 1.29 is 4.79 Å². The molecular formula is C20H28Cl2N4OS. The molecular weight excluding hydrogens is 415 g/mol. The van der Waals surface area contributed by atoms with Crippen LogP contribution < -0.4 is 11.1 Å². The highest BCUT2D eigenvalue weighted by atomic mass is 35.5. The van der Waals surface area contributed by atoms with Crippen LogP contribution in [-0.2, 0) is 4.79 Å². The SMILES string of the molecule is CC(NC(=O)C1CC2CCCC(C1)C2N)c1nc(-c2ccncc2)cs1.Cl.Cl. The van der Waals surface area contributed by atoms with Gasteiger partial charge in [0, 0.05) is 35.3 Å². The van der Waals surface area contributed by atoms with Crippen molar-refractivity contribution in [3.8, 4) is 11.3 Å². The molecule has 8 heteroatoms. The number of nitrogens with two attached hydrogens (primary N) is 1. The van der Waals surface area contributed by atoms with E-state index in [0.29, 0.717) is 17.9 Å². The number of carbonyl (C=O) groups is 1. The molecule has 2 aliphatic carbocycles.